The standard InChI is InChI=1S/C10H17N3O/c1-2-14-8-6-12-10-11-5-7-13(10)9-3-4-9/h5,7,9H,2-4,6,8H2,1H3,(H,11,12). The molecule has 14 heavy (non-hydrogen) atoms. The van der Waals surface area contributed by atoms with Crippen LogP contribution in [0, 0.1) is 0 Å². The van der Waals surface area contributed by atoms with Crippen molar-refractivity contribution < 1.29 is 4.74 Å². The molecule has 0 aliphatic heterocycles. The molecule has 1 N–H and O–H groups in total. The largest absolute Gasteiger partial charge is 0.380 e. The predicted octanol–water partition coefficient (Wildman–Crippen LogP) is 1.67. The Morgan fingerprint density at radius 1 is 1.64 bits per heavy atom. The molecule has 1 saturated carbocycles. The van der Waals surface area contributed by atoms with Crippen molar-refractivity contribution in [2.75, 3.05) is 25.1 Å². The topological polar surface area (TPSA) is 39.1 Å². The van der Waals surface area contributed by atoms with Gasteiger partial charge in [0.15, 0.2) is 0 Å². The molecule has 0 unspecified atom stereocenters. The number of aromatic nitrogens is 2. The van der Waals surface area contributed by atoms with Gasteiger partial charge < -0.3 is 14.6 Å². The van der Waals surface area contributed by atoms with Crippen LogP contribution in [0.2, 0.25) is 0 Å². The van der Waals surface area contributed by atoms with Crippen LogP contribution in [0.1, 0.15) is 25.8 Å². The molecule has 0 spiro atoms. The molecule has 4 heteroatoms. The zero-order chi connectivity index (χ0) is 9.80. The lowest BCUT2D eigenvalue weighted by atomic mass is 10.6. The van der Waals surface area contributed by atoms with Crippen LogP contribution in [0.3, 0.4) is 0 Å². The Morgan fingerprint density at radius 3 is 3.21 bits per heavy atom. The Kier molecular flexibility index (Phi) is 3.03. The third-order valence-corrected chi connectivity index (χ3v) is 2.34. The van der Waals surface area contributed by atoms with Crippen LogP contribution in [0.5, 0.6) is 0 Å². The molecule has 0 bridgehead atoms. The SMILES string of the molecule is CCOCCNc1nccn1C1CC1. The molecule has 0 amide bonds. The maximum absolute atomic E-state index is 5.25. The van der Waals surface area contributed by atoms with Gasteiger partial charge in [-0.2, -0.15) is 0 Å². The lowest BCUT2D eigenvalue weighted by Gasteiger charge is -2.08. The summed E-state index contributed by atoms with van der Waals surface area (Å²) in [5.41, 5.74) is 0. The molecule has 1 aromatic rings. The first kappa shape index (κ1) is 9.52. The Bertz CT molecular complexity index is 281. The average Bonchev–Trinajstić information content (AvgIpc) is 2.94. The molecule has 78 valence electrons. The van der Waals surface area contributed by atoms with E-state index in [-0.39, 0.29) is 0 Å². The molecule has 4 nitrogen and oxygen atoms in total. The Balaban J connectivity index is 1.80. The van der Waals surface area contributed by atoms with Crippen molar-refractivity contribution in [2.24, 2.45) is 0 Å². The molecule has 1 heterocycles. The number of hydrogen-bond donors (Lipinski definition) is 1. The summed E-state index contributed by atoms with van der Waals surface area (Å²) in [5.74, 6) is 0.979. The molecule has 1 fully saturated rings. The molecule has 0 saturated heterocycles. The zero-order valence-corrected chi connectivity index (χ0v) is 8.57. The van der Waals surface area contributed by atoms with Gasteiger partial charge in [-0.15, -0.1) is 0 Å². The third kappa shape index (κ3) is 2.26. The zero-order valence-electron chi connectivity index (χ0n) is 8.57. The smallest absolute Gasteiger partial charge is 0.203 e. The number of hydrogen-bond acceptors (Lipinski definition) is 3. The summed E-state index contributed by atoms with van der Waals surface area (Å²) in [7, 11) is 0. The summed E-state index contributed by atoms with van der Waals surface area (Å²) in [6.07, 6.45) is 6.47. The molecular weight excluding hydrogens is 178 g/mol. The maximum atomic E-state index is 5.25. The summed E-state index contributed by atoms with van der Waals surface area (Å²) < 4.78 is 7.46. The summed E-state index contributed by atoms with van der Waals surface area (Å²) in [5, 5.41) is 3.28. The van der Waals surface area contributed by atoms with E-state index in [1.165, 1.54) is 12.8 Å². The van der Waals surface area contributed by atoms with Gasteiger partial charge >= 0.3 is 0 Å². The molecular formula is C10H17N3O. The first-order chi connectivity index (χ1) is 6.92. The number of ether oxygens (including phenoxy) is 1. The number of nitrogens with one attached hydrogen (secondary N) is 1. The van der Waals surface area contributed by atoms with Crippen LogP contribution in [0.4, 0.5) is 5.95 Å². The van der Waals surface area contributed by atoms with E-state index in [0.717, 1.165) is 25.7 Å². The molecule has 1 aliphatic rings. The lowest BCUT2D eigenvalue weighted by Crippen LogP contribution is -2.12. The molecule has 0 atom stereocenters. The van der Waals surface area contributed by atoms with Crippen LogP contribution in [-0.4, -0.2) is 29.3 Å². The van der Waals surface area contributed by atoms with Crippen molar-refractivity contribution in [1.82, 2.24) is 9.55 Å². The van der Waals surface area contributed by atoms with Crippen molar-refractivity contribution in [1.29, 1.82) is 0 Å². The van der Waals surface area contributed by atoms with E-state index in [1.807, 2.05) is 19.3 Å². The highest BCUT2D eigenvalue weighted by Crippen LogP contribution is 2.36. The molecule has 1 aromatic heterocycles. The second kappa shape index (κ2) is 4.46. The van der Waals surface area contributed by atoms with E-state index < -0.39 is 0 Å². The fraction of sp³-hybridized carbons (Fsp3) is 0.700. The van der Waals surface area contributed by atoms with Crippen molar-refractivity contribution >= 4 is 5.95 Å². The second-order valence-corrected chi connectivity index (χ2v) is 3.51. The van der Waals surface area contributed by atoms with E-state index in [1.54, 1.807) is 0 Å². The summed E-state index contributed by atoms with van der Waals surface area (Å²) in [6.45, 7) is 4.36. The van der Waals surface area contributed by atoms with Gasteiger partial charge in [-0.3, -0.25) is 0 Å². The Morgan fingerprint density at radius 2 is 2.50 bits per heavy atom. The predicted molar refractivity (Wildman–Crippen MR) is 55.5 cm³/mol. The maximum Gasteiger partial charge on any atom is 0.203 e. The van der Waals surface area contributed by atoms with Crippen LogP contribution in [0.25, 0.3) is 0 Å². The van der Waals surface area contributed by atoms with Gasteiger partial charge in [0.25, 0.3) is 0 Å². The summed E-state index contributed by atoms with van der Waals surface area (Å²) >= 11 is 0. The van der Waals surface area contributed by atoms with Crippen molar-refractivity contribution in [3.63, 3.8) is 0 Å². The van der Waals surface area contributed by atoms with Gasteiger partial charge in [0.2, 0.25) is 5.95 Å². The normalized spacial score (nSPS) is 15.8. The fourth-order valence-corrected chi connectivity index (χ4v) is 1.48. The quantitative estimate of drug-likeness (QED) is 0.702. The molecule has 2 rings (SSSR count). The fourth-order valence-electron chi connectivity index (χ4n) is 1.48. The monoisotopic (exact) mass is 195 g/mol. The Labute approximate surface area is 84.3 Å². The number of rotatable bonds is 6. The highest BCUT2D eigenvalue weighted by atomic mass is 16.5. The van der Waals surface area contributed by atoms with Crippen LogP contribution < -0.4 is 5.32 Å². The number of imidazole rings is 1. The van der Waals surface area contributed by atoms with Crippen molar-refractivity contribution in [3.8, 4) is 0 Å². The van der Waals surface area contributed by atoms with Crippen LogP contribution in [0.15, 0.2) is 12.4 Å². The lowest BCUT2D eigenvalue weighted by molar-refractivity contribution is 0.158. The molecule has 0 radical (unpaired) electrons. The van der Waals surface area contributed by atoms with E-state index in [0.29, 0.717) is 6.04 Å². The van der Waals surface area contributed by atoms with Gasteiger partial charge in [0.05, 0.1) is 6.61 Å². The van der Waals surface area contributed by atoms with Crippen molar-refractivity contribution in [3.05, 3.63) is 12.4 Å². The van der Waals surface area contributed by atoms with Gasteiger partial charge in [-0.05, 0) is 19.8 Å². The minimum Gasteiger partial charge on any atom is -0.380 e. The van der Waals surface area contributed by atoms with Gasteiger partial charge in [-0.25, -0.2) is 4.98 Å². The van der Waals surface area contributed by atoms with Crippen LogP contribution in [-0.2, 0) is 4.74 Å². The average molecular weight is 195 g/mol. The second-order valence-electron chi connectivity index (χ2n) is 3.51. The number of anilines is 1. The summed E-state index contributed by atoms with van der Waals surface area (Å²) in [4.78, 5) is 4.27. The first-order valence-corrected chi connectivity index (χ1v) is 5.26. The molecule has 0 aromatic carbocycles. The van der Waals surface area contributed by atoms with Gasteiger partial charge in [0.1, 0.15) is 0 Å². The minimum atomic E-state index is 0.687. The highest BCUT2D eigenvalue weighted by molar-refractivity contribution is 5.27. The van der Waals surface area contributed by atoms with Crippen LogP contribution >= 0.6 is 0 Å². The van der Waals surface area contributed by atoms with E-state index in [4.69, 9.17) is 4.74 Å². The van der Waals surface area contributed by atoms with E-state index >= 15 is 0 Å². The molecule has 1 aliphatic carbocycles. The number of nitrogens with zero attached hydrogens (tertiary/aromatic N) is 2. The van der Waals surface area contributed by atoms with E-state index in [2.05, 4.69) is 14.9 Å². The van der Waals surface area contributed by atoms with Crippen molar-refractivity contribution in [2.45, 2.75) is 25.8 Å². The van der Waals surface area contributed by atoms with Gasteiger partial charge in [0, 0.05) is 31.6 Å². The minimum absolute atomic E-state index is 0.687. The highest BCUT2D eigenvalue weighted by Gasteiger charge is 2.25. The Hall–Kier alpha value is -1.03. The van der Waals surface area contributed by atoms with E-state index in [9.17, 15) is 0 Å². The summed E-state index contributed by atoms with van der Waals surface area (Å²) in [6, 6.07) is 0.687. The first-order valence-electron chi connectivity index (χ1n) is 5.26. The third-order valence-electron chi connectivity index (χ3n) is 2.34. The van der Waals surface area contributed by atoms with Gasteiger partial charge in [-0.1, -0.05) is 0 Å².